The van der Waals surface area contributed by atoms with Crippen LogP contribution in [0.5, 0.6) is 5.75 Å². The molecule has 0 atom stereocenters. The van der Waals surface area contributed by atoms with Gasteiger partial charge in [0.1, 0.15) is 29.4 Å². The number of carboxylic acid groups (broad SMARTS) is 1. The van der Waals surface area contributed by atoms with Crippen LogP contribution in [0.2, 0.25) is 0 Å². The van der Waals surface area contributed by atoms with Crippen molar-refractivity contribution in [2.24, 2.45) is 0 Å². The van der Waals surface area contributed by atoms with Gasteiger partial charge in [-0.1, -0.05) is 6.07 Å². The average Bonchev–Trinajstić information content (AvgIpc) is 2.67. The molecule has 4 heteroatoms. The van der Waals surface area contributed by atoms with Crippen molar-refractivity contribution in [2.45, 2.75) is 27.4 Å². The predicted molar refractivity (Wildman–Crippen MR) is 70.7 cm³/mol. The highest BCUT2D eigenvalue weighted by atomic mass is 16.5. The fourth-order valence-electron chi connectivity index (χ4n) is 2.00. The minimum Gasteiger partial charge on any atom is -0.486 e. The molecule has 0 bridgehead atoms. The first-order chi connectivity index (χ1) is 8.95. The lowest BCUT2D eigenvalue weighted by molar-refractivity contribution is 0.0695. The van der Waals surface area contributed by atoms with Crippen molar-refractivity contribution in [3.8, 4) is 5.75 Å². The molecule has 1 heterocycles. The van der Waals surface area contributed by atoms with Gasteiger partial charge in [-0.3, -0.25) is 0 Å². The number of furan rings is 1. The van der Waals surface area contributed by atoms with E-state index >= 15 is 0 Å². The summed E-state index contributed by atoms with van der Waals surface area (Å²) < 4.78 is 11.0. The van der Waals surface area contributed by atoms with Gasteiger partial charge in [0.15, 0.2) is 0 Å². The van der Waals surface area contributed by atoms with Crippen LogP contribution >= 0.6 is 0 Å². The summed E-state index contributed by atoms with van der Waals surface area (Å²) in [5.41, 5.74) is 2.42. The molecular formula is C15H16O4. The van der Waals surface area contributed by atoms with Crippen LogP contribution in [-0.4, -0.2) is 11.1 Å². The molecule has 0 saturated carbocycles. The number of aryl methyl sites for hydroxylation is 3. The van der Waals surface area contributed by atoms with Crippen LogP contribution in [0.3, 0.4) is 0 Å². The Kier molecular flexibility index (Phi) is 3.60. The Bertz CT molecular complexity index is 590. The molecule has 0 unspecified atom stereocenters. The lowest BCUT2D eigenvalue weighted by Crippen LogP contribution is -1.96. The summed E-state index contributed by atoms with van der Waals surface area (Å²) in [6.45, 7) is 5.85. The molecule has 1 N–H and O–H groups in total. The molecule has 1 aromatic heterocycles. The number of rotatable bonds is 4. The fourth-order valence-corrected chi connectivity index (χ4v) is 2.00. The van der Waals surface area contributed by atoms with Crippen molar-refractivity contribution < 1.29 is 19.1 Å². The molecule has 0 aliphatic carbocycles. The highest BCUT2D eigenvalue weighted by Crippen LogP contribution is 2.20. The third-order valence-electron chi connectivity index (χ3n) is 2.78. The van der Waals surface area contributed by atoms with Gasteiger partial charge in [0, 0.05) is 0 Å². The Morgan fingerprint density at radius 3 is 2.32 bits per heavy atom. The van der Waals surface area contributed by atoms with E-state index in [4.69, 9.17) is 14.3 Å². The number of ether oxygens (including phenoxy) is 1. The van der Waals surface area contributed by atoms with E-state index in [0.717, 1.165) is 16.9 Å². The van der Waals surface area contributed by atoms with Crippen LogP contribution in [0.25, 0.3) is 0 Å². The number of benzene rings is 1. The van der Waals surface area contributed by atoms with Gasteiger partial charge >= 0.3 is 5.97 Å². The molecule has 0 spiro atoms. The number of hydrogen-bond donors (Lipinski definition) is 1. The molecule has 0 fully saturated rings. The topological polar surface area (TPSA) is 59.7 Å². The maximum atomic E-state index is 10.9. The van der Waals surface area contributed by atoms with Crippen LogP contribution in [0, 0.1) is 20.8 Å². The normalized spacial score (nSPS) is 10.5. The molecule has 1 aromatic carbocycles. The summed E-state index contributed by atoms with van der Waals surface area (Å²) >= 11 is 0. The van der Waals surface area contributed by atoms with Crippen LogP contribution in [0.1, 0.15) is 33.0 Å². The maximum absolute atomic E-state index is 10.9. The van der Waals surface area contributed by atoms with Crippen LogP contribution in [0.4, 0.5) is 0 Å². The zero-order valence-electron chi connectivity index (χ0n) is 11.2. The minimum absolute atomic E-state index is 0.180. The highest BCUT2D eigenvalue weighted by molar-refractivity contribution is 5.88. The van der Waals surface area contributed by atoms with Gasteiger partial charge in [-0.25, -0.2) is 4.79 Å². The Morgan fingerprint density at radius 2 is 1.79 bits per heavy atom. The molecule has 2 rings (SSSR count). The lowest BCUT2D eigenvalue weighted by atomic mass is 10.1. The van der Waals surface area contributed by atoms with Crippen molar-refractivity contribution in [2.75, 3.05) is 0 Å². The third kappa shape index (κ3) is 3.16. The monoisotopic (exact) mass is 260 g/mol. The van der Waals surface area contributed by atoms with Crippen LogP contribution < -0.4 is 4.74 Å². The van der Waals surface area contributed by atoms with Gasteiger partial charge < -0.3 is 14.3 Å². The summed E-state index contributed by atoms with van der Waals surface area (Å²) in [5.74, 6) is 0.669. The van der Waals surface area contributed by atoms with Gasteiger partial charge in [0.25, 0.3) is 0 Å². The van der Waals surface area contributed by atoms with Crippen molar-refractivity contribution in [3.63, 3.8) is 0 Å². The molecule has 0 amide bonds. The van der Waals surface area contributed by atoms with Crippen LogP contribution in [0.15, 0.2) is 28.7 Å². The van der Waals surface area contributed by atoms with Crippen molar-refractivity contribution in [1.82, 2.24) is 0 Å². The number of carbonyl (C=O) groups is 1. The molecular weight excluding hydrogens is 244 g/mol. The van der Waals surface area contributed by atoms with E-state index in [1.807, 2.05) is 26.0 Å². The zero-order valence-corrected chi connectivity index (χ0v) is 11.2. The maximum Gasteiger partial charge on any atom is 0.339 e. The minimum atomic E-state index is -0.987. The summed E-state index contributed by atoms with van der Waals surface area (Å²) in [5, 5.41) is 8.94. The quantitative estimate of drug-likeness (QED) is 0.914. The molecule has 19 heavy (non-hydrogen) atoms. The molecule has 4 nitrogen and oxygen atoms in total. The number of hydrogen-bond acceptors (Lipinski definition) is 3. The highest BCUT2D eigenvalue weighted by Gasteiger charge is 2.13. The van der Waals surface area contributed by atoms with Gasteiger partial charge in [0.2, 0.25) is 0 Å². The van der Waals surface area contributed by atoms with Gasteiger partial charge in [-0.05, 0) is 50.1 Å². The average molecular weight is 260 g/mol. The molecule has 0 aliphatic heterocycles. The lowest BCUT2D eigenvalue weighted by Gasteiger charge is -2.06. The first kappa shape index (κ1) is 13.2. The van der Waals surface area contributed by atoms with Gasteiger partial charge in [0.05, 0.1) is 0 Å². The van der Waals surface area contributed by atoms with E-state index in [2.05, 4.69) is 6.07 Å². The Morgan fingerprint density at radius 1 is 1.16 bits per heavy atom. The van der Waals surface area contributed by atoms with E-state index in [1.165, 1.54) is 6.07 Å². The summed E-state index contributed by atoms with van der Waals surface area (Å²) in [6.07, 6.45) is 0. The molecule has 0 saturated heterocycles. The standard InChI is InChI=1S/C15H16O4/c1-9-4-10(2)6-12(5-9)18-8-13-7-14(15(16)17)11(3)19-13/h4-7H,8H2,1-3H3,(H,16,17). The molecule has 2 aromatic rings. The van der Waals surface area contributed by atoms with E-state index < -0.39 is 5.97 Å². The Balaban J connectivity index is 2.10. The summed E-state index contributed by atoms with van der Waals surface area (Å²) in [6, 6.07) is 7.43. The predicted octanol–water partition coefficient (Wildman–Crippen LogP) is 3.48. The molecule has 0 radical (unpaired) electrons. The Hall–Kier alpha value is -2.23. The first-order valence-corrected chi connectivity index (χ1v) is 5.99. The van der Waals surface area contributed by atoms with Gasteiger partial charge in [-0.2, -0.15) is 0 Å². The van der Waals surface area contributed by atoms with E-state index in [-0.39, 0.29) is 12.2 Å². The largest absolute Gasteiger partial charge is 0.486 e. The number of carboxylic acids is 1. The van der Waals surface area contributed by atoms with E-state index in [9.17, 15) is 4.79 Å². The van der Waals surface area contributed by atoms with Crippen molar-refractivity contribution in [1.29, 1.82) is 0 Å². The van der Waals surface area contributed by atoms with Crippen LogP contribution in [-0.2, 0) is 6.61 Å². The second kappa shape index (κ2) is 5.18. The zero-order chi connectivity index (χ0) is 14.0. The van der Waals surface area contributed by atoms with Crippen molar-refractivity contribution >= 4 is 5.97 Å². The first-order valence-electron chi connectivity index (χ1n) is 5.99. The third-order valence-corrected chi connectivity index (χ3v) is 2.78. The fraction of sp³-hybridized carbons (Fsp3) is 0.267. The van der Waals surface area contributed by atoms with Gasteiger partial charge in [-0.15, -0.1) is 0 Å². The van der Waals surface area contributed by atoms with E-state index in [0.29, 0.717) is 11.5 Å². The van der Waals surface area contributed by atoms with E-state index in [1.54, 1.807) is 6.92 Å². The summed E-state index contributed by atoms with van der Waals surface area (Å²) in [7, 11) is 0. The Labute approximate surface area is 111 Å². The molecule has 0 aliphatic rings. The summed E-state index contributed by atoms with van der Waals surface area (Å²) in [4.78, 5) is 10.9. The second-order valence-electron chi connectivity index (χ2n) is 4.60. The molecule has 100 valence electrons. The SMILES string of the molecule is Cc1cc(C)cc(OCc2cc(C(=O)O)c(C)o2)c1. The smallest absolute Gasteiger partial charge is 0.339 e. The van der Waals surface area contributed by atoms with Crippen molar-refractivity contribution in [3.05, 3.63) is 52.5 Å². The second-order valence-corrected chi connectivity index (χ2v) is 4.60. The number of aromatic carboxylic acids is 1.